The van der Waals surface area contributed by atoms with Crippen LogP contribution in [0.4, 0.5) is 18.9 Å². The number of aliphatic carboxylic acids is 1. The Morgan fingerprint density at radius 3 is 2.20 bits per heavy atom. The van der Waals surface area contributed by atoms with Crippen molar-refractivity contribution in [3.05, 3.63) is 83.9 Å². The molecule has 0 saturated carbocycles. The summed E-state index contributed by atoms with van der Waals surface area (Å²) in [7, 11) is 0. The number of carbonyl (C=O) groups is 2. The molecule has 9 heteroatoms. The number of carboxylic acid groups (broad SMARTS) is 1. The van der Waals surface area contributed by atoms with Gasteiger partial charge in [-0.2, -0.15) is 13.2 Å². The van der Waals surface area contributed by atoms with Gasteiger partial charge in [0.05, 0.1) is 18.6 Å². The van der Waals surface area contributed by atoms with Crippen molar-refractivity contribution in [1.82, 2.24) is 0 Å². The van der Waals surface area contributed by atoms with E-state index in [0.29, 0.717) is 6.42 Å². The van der Waals surface area contributed by atoms with E-state index in [1.165, 1.54) is 13.0 Å². The van der Waals surface area contributed by atoms with Gasteiger partial charge in [-0.05, 0) is 41.8 Å². The number of alkyl halides is 3. The number of nitrogens with one attached hydrogen (secondary N) is 1. The highest BCUT2D eigenvalue weighted by molar-refractivity contribution is 5.99. The summed E-state index contributed by atoms with van der Waals surface area (Å²) in [6.07, 6.45) is -5.02. The van der Waals surface area contributed by atoms with Crippen molar-refractivity contribution < 1.29 is 32.6 Å². The maximum Gasteiger partial charge on any atom is 0.420 e. The summed E-state index contributed by atoms with van der Waals surface area (Å²) in [4.78, 5) is 23.1. The first-order chi connectivity index (χ1) is 16.5. The van der Waals surface area contributed by atoms with Gasteiger partial charge in [0, 0.05) is 12.1 Å². The van der Waals surface area contributed by atoms with E-state index in [1.807, 2.05) is 54.6 Å². The average molecular weight is 486 g/mol. The van der Waals surface area contributed by atoms with Crippen LogP contribution in [0.1, 0.15) is 24.5 Å². The molecule has 0 heterocycles. The monoisotopic (exact) mass is 486 g/mol. The van der Waals surface area contributed by atoms with Crippen LogP contribution in [-0.2, 0) is 22.2 Å². The third-order valence-electron chi connectivity index (χ3n) is 5.29. The summed E-state index contributed by atoms with van der Waals surface area (Å²) in [6.45, 7) is 1.20. The minimum atomic E-state index is -4.74. The molecule has 0 aliphatic heterocycles. The van der Waals surface area contributed by atoms with E-state index in [0.717, 1.165) is 28.8 Å². The smallest absolute Gasteiger partial charge is 0.420 e. The number of ether oxygens (including phenoxy) is 1. The van der Waals surface area contributed by atoms with Crippen molar-refractivity contribution in [2.24, 2.45) is 5.73 Å². The zero-order chi connectivity index (χ0) is 25.6. The maximum atomic E-state index is 13.6. The lowest BCUT2D eigenvalue weighted by molar-refractivity contribution is -0.140. The minimum Gasteiger partial charge on any atom is -0.493 e. The molecule has 0 bridgehead atoms. The summed E-state index contributed by atoms with van der Waals surface area (Å²) in [5.41, 5.74) is 5.66. The molecule has 0 unspecified atom stereocenters. The molecule has 3 aromatic carbocycles. The van der Waals surface area contributed by atoms with Crippen LogP contribution < -0.4 is 15.8 Å². The van der Waals surface area contributed by atoms with Crippen LogP contribution in [0.5, 0.6) is 5.75 Å². The molecule has 6 nitrogen and oxygen atoms in total. The molecule has 35 heavy (non-hydrogen) atoms. The summed E-state index contributed by atoms with van der Waals surface area (Å²) in [6, 6.07) is 20.6. The lowest BCUT2D eigenvalue weighted by atomic mass is 9.98. The topological polar surface area (TPSA) is 102 Å². The summed E-state index contributed by atoms with van der Waals surface area (Å²) >= 11 is 0. The molecule has 0 spiro atoms. The van der Waals surface area contributed by atoms with E-state index in [2.05, 4.69) is 5.32 Å². The largest absolute Gasteiger partial charge is 0.493 e. The fraction of sp³-hybridized carbons (Fsp3) is 0.231. The summed E-state index contributed by atoms with van der Waals surface area (Å²) in [5, 5.41) is 11.1. The van der Waals surface area contributed by atoms with E-state index in [9.17, 15) is 22.8 Å². The van der Waals surface area contributed by atoms with Gasteiger partial charge in [0.2, 0.25) is 5.91 Å². The van der Waals surface area contributed by atoms with Gasteiger partial charge in [0.25, 0.3) is 0 Å². The van der Waals surface area contributed by atoms with Crippen molar-refractivity contribution in [3.8, 4) is 16.9 Å². The number of benzene rings is 3. The number of halogens is 3. The average Bonchev–Trinajstić information content (AvgIpc) is 2.79. The molecule has 0 radical (unpaired) electrons. The number of carbonyl (C=O) groups excluding carboxylic acids is 1. The Balaban J connectivity index is 1.67. The van der Waals surface area contributed by atoms with Gasteiger partial charge in [-0.1, -0.05) is 54.6 Å². The maximum absolute atomic E-state index is 13.6. The molecule has 0 fully saturated rings. The molecule has 1 atom stereocenters. The van der Waals surface area contributed by atoms with Gasteiger partial charge in [0.1, 0.15) is 11.3 Å². The number of amides is 1. The van der Waals surface area contributed by atoms with Gasteiger partial charge in [-0.3, -0.25) is 9.59 Å². The van der Waals surface area contributed by atoms with Gasteiger partial charge in [-0.25, -0.2) is 0 Å². The number of nitrogens with two attached hydrogens (primary N) is 1. The van der Waals surface area contributed by atoms with Crippen molar-refractivity contribution in [2.45, 2.75) is 31.5 Å². The fourth-order valence-electron chi connectivity index (χ4n) is 3.40. The second-order valence-electron chi connectivity index (χ2n) is 8.31. The highest BCUT2D eigenvalue weighted by Gasteiger charge is 2.36. The van der Waals surface area contributed by atoms with E-state index < -0.39 is 35.6 Å². The normalized spacial score (nSPS) is 13.1. The van der Waals surface area contributed by atoms with Crippen LogP contribution in [0.15, 0.2) is 72.8 Å². The van der Waals surface area contributed by atoms with E-state index >= 15 is 0 Å². The second-order valence-corrected chi connectivity index (χ2v) is 8.31. The molecule has 0 aliphatic rings. The summed E-state index contributed by atoms with van der Waals surface area (Å²) in [5.74, 6) is -2.60. The van der Waals surface area contributed by atoms with Crippen LogP contribution >= 0.6 is 0 Å². The molecule has 1 amide bonds. The van der Waals surface area contributed by atoms with Gasteiger partial charge < -0.3 is 20.9 Å². The van der Waals surface area contributed by atoms with Crippen LogP contribution in [0, 0.1) is 0 Å². The predicted octanol–water partition coefficient (Wildman–Crippen LogP) is 5.12. The highest BCUT2D eigenvalue weighted by atomic mass is 19.4. The van der Waals surface area contributed by atoms with Crippen LogP contribution in [-0.4, -0.2) is 29.1 Å². The van der Waals surface area contributed by atoms with Crippen molar-refractivity contribution >= 4 is 17.6 Å². The standard InChI is InChI=1S/C26H25F3N2O4/c1-25(30,16-23(32)33)24(34)31-20-11-12-22(21(15-20)26(27,28)29)35-14-13-17-7-9-19(10-8-17)18-5-3-2-4-6-18/h2-12,15H,13-14,16,30H2,1H3,(H,31,34)(H,32,33)/t25-/m0/s1. The number of hydrogen-bond acceptors (Lipinski definition) is 4. The molecular formula is C26H25F3N2O4. The van der Waals surface area contributed by atoms with Gasteiger partial charge >= 0.3 is 12.1 Å². The molecular weight excluding hydrogens is 461 g/mol. The van der Waals surface area contributed by atoms with Gasteiger partial charge in [-0.15, -0.1) is 0 Å². The Labute approximate surface area is 200 Å². The number of rotatable bonds is 9. The zero-order valence-corrected chi connectivity index (χ0v) is 18.9. The van der Waals surface area contributed by atoms with Crippen LogP contribution in [0.25, 0.3) is 11.1 Å². The fourth-order valence-corrected chi connectivity index (χ4v) is 3.40. The Morgan fingerprint density at radius 1 is 0.971 bits per heavy atom. The second kappa shape index (κ2) is 10.6. The molecule has 4 N–H and O–H groups in total. The van der Waals surface area contributed by atoms with Gasteiger partial charge in [0.15, 0.2) is 0 Å². The zero-order valence-electron chi connectivity index (χ0n) is 18.9. The van der Waals surface area contributed by atoms with Crippen molar-refractivity contribution in [2.75, 3.05) is 11.9 Å². The van der Waals surface area contributed by atoms with E-state index in [-0.39, 0.29) is 18.0 Å². The number of carboxylic acids is 1. The third kappa shape index (κ3) is 7.07. The van der Waals surface area contributed by atoms with E-state index in [4.69, 9.17) is 15.6 Å². The highest BCUT2D eigenvalue weighted by Crippen LogP contribution is 2.38. The Kier molecular flexibility index (Phi) is 7.81. The first kappa shape index (κ1) is 25.8. The quantitative estimate of drug-likeness (QED) is 0.390. The lowest BCUT2D eigenvalue weighted by Crippen LogP contribution is -2.49. The van der Waals surface area contributed by atoms with Crippen molar-refractivity contribution in [1.29, 1.82) is 0 Å². The lowest BCUT2D eigenvalue weighted by Gasteiger charge is -2.22. The van der Waals surface area contributed by atoms with Crippen LogP contribution in [0.2, 0.25) is 0 Å². The molecule has 184 valence electrons. The molecule has 0 aromatic heterocycles. The molecule has 0 saturated heterocycles. The predicted molar refractivity (Wildman–Crippen MR) is 126 cm³/mol. The van der Waals surface area contributed by atoms with E-state index in [1.54, 1.807) is 0 Å². The molecule has 3 aromatic rings. The van der Waals surface area contributed by atoms with Crippen molar-refractivity contribution in [3.63, 3.8) is 0 Å². The minimum absolute atomic E-state index is 0.0128. The first-order valence-electron chi connectivity index (χ1n) is 10.8. The SMILES string of the molecule is C[C@](N)(CC(=O)O)C(=O)Nc1ccc(OCCc2ccc(-c3ccccc3)cc2)c(C(F)(F)F)c1. The number of hydrogen-bond donors (Lipinski definition) is 3. The molecule has 3 rings (SSSR count). The first-order valence-corrected chi connectivity index (χ1v) is 10.8. The molecule has 0 aliphatic carbocycles. The summed E-state index contributed by atoms with van der Waals surface area (Å²) < 4.78 is 46.3. The van der Waals surface area contributed by atoms with Crippen LogP contribution in [0.3, 0.4) is 0 Å². The third-order valence-corrected chi connectivity index (χ3v) is 5.29. The Bertz CT molecular complexity index is 1180. The number of anilines is 1. The Hall–Kier alpha value is -3.85. The Morgan fingerprint density at radius 2 is 1.60 bits per heavy atom.